The first kappa shape index (κ1) is 21.1. The molecule has 0 bridgehead atoms. The molecule has 3 rings (SSSR count). The number of amides is 1. The molecule has 1 amide bonds. The summed E-state index contributed by atoms with van der Waals surface area (Å²) in [6, 6.07) is 5.40. The number of rotatable bonds is 5. The van der Waals surface area contributed by atoms with Crippen LogP contribution in [0.3, 0.4) is 0 Å². The minimum Gasteiger partial charge on any atom is -0.406 e. The van der Waals surface area contributed by atoms with Crippen molar-refractivity contribution < 1.29 is 22.7 Å². The molecule has 150 valence electrons. The van der Waals surface area contributed by atoms with E-state index in [1.807, 2.05) is 0 Å². The van der Waals surface area contributed by atoms with Gasteiger partial charge < -0.3 is 15.8 Å². The van der Waals surface area contributed by atoms with E-state index in [4.69, 9.17) is 11.0 Å². The number of nitrogens with two attached hydrogens (primary N) is 1. The average molecular weight is 395 g/mol. The van der Waals surface area contributed by atoms with Crippen LogP contribution >= 0.6 is 0 Å². The van der Waals surface area contributed by atoms with Gasteiger partial charge in [-0.3, -0.25) is 9.48 Å². The summed E-state index contributed by atoms with van der Waals surface area (Å²) < 4.78 is 42.2. The van der Waals surface area contributed by atoms with Crippen LogP contribution in [0.25, 0.3) is 0 Å². The highest BCUT2D eigenvalue weighted by atomic mass is 19.4. The summed E-state index contributed by atoms with van der Waals surface area (Å²) in [7, 11) is 0. The lowest BCUT2D eigenvalue weighted by Crippen LogP contribution is -2.17. The SMILES string of the molecule is C#N.NC(=O)c1cn(C2CCCCC2)nc1Nc1ccc(OC(F)(F)F)cc1. The van der Waals surface area contributed by atoms with E-state index < -0.39 is 12.3 Å². The number of halogens is 3. The first-order valence-corrected chi connectivity index (χ1v) is 8.59. The van der Waals surface area contributed by atoms with E-state index >= 15 is 0 Å². The highest BCUT2D eigenvalue weighted by Gasteiger charge is 2.31. The molecule has 0 atom stereocenters. The molecule has 0 aliphatic heterocycles. The number of ether oxygens (including phenoxy) is 1. The van der Waals surface area contributed by atoms with Crippen molar-refractivity contribution >= 4 is 17.4 Å². The smallest absolute Gasteiger partial charge is 0.406 e. The molecule has 1 aromatic carbocycles. The van der Waals surface area contributed by atoms with Gasteiger partial charge in [0, 0.05) is 18.5 Å². The fourth-order valence-corrected chi connectivity index (χ4v) is 3.07. The molecule has 1 saturated carbocycles. The van der Waals surface area contributed by atoms with E-state index in [0.29, 0.717) is 5.69 Å². The largest absolute Gasteiger partial charge is 0.573 e. The zero-order valence-corrected chi connectivity index (χ0v) is 14.9. The van der Waals surface area contributed by atoms with E-state index in [0.717, 1.165) is 25.7 Å². The third-order valence-corrected chi connectivity index (χ3v) is 4.30. The third kappa shape index (κ3) is 5.64. The van der Waals surface area contributed by atoms with Crippen LogP contribution in [0.5, 0.6) is 5.75 Å². The lowest BCUT2D eigenvalue weighted by molar-refractivity contribution is -0.274. The van der Waals surface area contributed by atoms with Crippen molar-refractivity contribution in [3.05, 3.63) is 36.0 Å². The molecule has 7 nitrogen and oxygen atoms in total. The van der Waals surface area contributed by atoms with Crippen molar-refractivity contribution in [2.75, 3.05) is 5.32 Å². The van der Waals surface area contributed by atoms with Crippen LogP contribution in [-0.4, -0.2) is 22.1 Å². The van der Waals surface area contributed by atoms with Crippen LogP contribution in [-0.2, 0) is 0 Å². The Balaban J connectivity index is 0.00000136. The molecule has 0 unspecified atom stereocenters. The van der Waals surface area contributed by atoms with Gasteiger partial charge in [0.05, 0.1) is 6.04 Å². The summed E-state index contributed by atoms with van der Waals surface area (Å²) >= 11 is 0. The summed E-state index contributed by atoms with van der Waals surface area (Å²) in [6.45, 7) is 3.50. The predicted octanol–water partition coefficient (Wildman–Crippen LogP) is 4.27. The number of aromatic nitrogens is 2. The Morgan fingerprint density at radius 3 is 2.36 bits per heavy atom. The number of benzene rings is 1. The number of hydrogen-bond donors (Lipinski definition) is 2. The number of nitrogens with zero attached hydrogens (tertiary/aromatic N) is 3. The summed E-state index contributed by atoms with van der Waals surface area (Å²) in [4.78, 5) is 11.7. The fraction of sp³-hybridized carbons (Fsp3) is 0.389. The van der Waals surface area contributed by atoms with Crippen molar-refractivity contribution in [1.29, 1.82) is 5.26 Å². The number of nitrogens with one attached hydrogen (secondary N) is 1. The summed E-state index contributed by atoms with van der Waals surface area (Å²) in [5.41, 5.74) is 6.14. The Bertz CT molecular complexity index is 809. The Kier molecular flexibility index (Phi) is 6.87. The Labute approximate surface area is 159 Å². The Morgan fingerprint density at radius 2 is 1.82 bits per heavy atom. The summed E-state index contributed by atoms with van der Waals surface area (Å²) in [5, 5.41) is 13.9. The van der Waals surface area contributed by atoms with Gasteiger partial charge in [0.25, 0.3) is 5.91 Å². The third-order valence-electron chi connectivity index (χ3n) is 4.30. The van der Waals surface area contributed by atoms with Crippen LogP contribution in [0.15, 0.2) is 30.5 Å². The van der Waals surface area contributed by atoms with Crippen molar-refractivity contribution in [2.45, 2.75) is 44.5 Å². The van der Waals surface area contributed by atoms with Crippen LogP contribution < -0.4 is 15.8 Å². The minimum absolute atomic E-state index is 0.222. The molecule has 0 saturated heterocycles. The Morgan fingerprint density at radius 1 is 1.21 bits per heavy atom. The molecule has 0 spiro atoms. The molecule has 3 N–H and O–H groups in total. The number of hydrogen-bond acceptors (Lipinski definition) is 5. The molecule has 28 heavy (non-hydrogen) atoms. The highest BCUT2D eigenvalue weighted by molar-refractivity contribution is 5.98. The lowest BCUT2D eigenvalue weighted by Gasteiger charge is -2.21. The zero-order valence-electron chi connectivity index (χ0n) is 14.9. The fourth-order valence-electron chi connectivity index (χ4n) is 3.07. The van der Waals surface area contributed by atoms with Gasteiger partial charge in [-0.1, -0.05) is 19.3 Å². The quantitative estimate of drug-likeness (QED) is 0.786. The first-order chi connectivity index (χ1) is 13.3. The van der Waals surface area contributed by atoms with Gasteiger partial charge in [-0.05, 0) is 37.1 Å². The number of carbonyl (C=O) groups is 1. The number of alkyl halides is 3. The van der Waals surface area contributed by atoms with E-state index in [2.05, 4.69) is 21.7 Å². The van der Waals surface area contributed by atoms with Crippen molar-refractivity contribution in [2.24, 2.45) is 5.73 Å². The average Bonchev–Trinajstić information content (AvgIpc) is 3.09. The van der Waals surface area contributed by atoms with E-state index in [1.165, 1.54) is 30.7 Å². The number of anilines is 2. The molecular formula is C18H20F3N5O2. The molecule has 10 heteroatoms. The molecule has 2 aromatic rings. The van der Waals surface area contributed by atoms with Crippen molar-refractivity contribution in [3.63, 3.8) is 0 Å². The van der Waals surface area contributed by atoms with Crippen molar-refractivity contribution in [1.82, 2.24) is 9.78 Å². The zero-order chi connectivity index (χ0) is 20.7. The van der Waals surface area contributed by atoms with E-state index in [9.17, 15) is 18.0 Å². The maximum Gasteiger partial charge on any atom is 0.573 e. The first-order valence-electron chi connectivity index (χ1n) is 8.59. The van der Waals surface area contributed by atoms with Gasteiger partial charge in [-0.15, -0.1) is 13.2 Å². The predicted molar refractivity (Wildman–Crippen MR) is 95.9 cm³/mol. The maximum atomic E-state index is 12.2. The van der Waals surface area contributed by atoms with Crippen LogP contribution in [0.2, 0.25) is 0 Å². The molecule has 1 aliphatic rings. The van der Waals surface area contributed by atoms with Crippen LogP contribution in [0.4, 0.5) is 24.7 Å². The van der Waals surface area contributed by atoms with E-state index in [-0.39, 0.29) is 23.2 Å². The number of carbonyl (C=O) groups excluding carboxylic acids is 1. The van der Waals surface area contributed by atoms with Crippen molar-refractivity contribution in [3.8, 4) is 12.3 Å². The molecule has 1 aliphatic carbocycles. The lowest BCUT2D eigenvalue weighted by atomic mass is 9.96. The van der Waals surface area contributed by atoms with E-state index in [1.54, 1.807) is 10.9 Å². The van der Waals surface area contributed by atoms with Crippen LogP contribution in [0, 0.1) is 11.8 Å². The summed E-state index contributed by atoms with van der Waals surface area (Å²) in [6.07, 6.45) is 2.28. The molecular weight excluding hydrogens is 375 g/mol. The van der Waals surface area contributed by atoms with Gasteiger partial charge in [0.2, 0.25) is 0 Å². The summed E-state index contributed by atoms with van der Waals surface area (Å²) in [5.74, 6) is -0.662. The minimum atomic E-state index is -4.74. The van der Waals surface area contributed by atoms with Gasteiger partial charge in [0.15, 0.2) is 5.82 Å². The van der Waals surface area contributed by atoms with Gasteiger partial charge in [-0.2, -0.15) is 5.10 Å². The highest BCUT2D eigenvalue weighted by Crippen LogP contribution is 2.30. The second kappa shape index (κ2) is 9.12. The van der Waals surface area contributed by atoms with Gasteiger partial charge in [0.1, 0.15) is 11.3 Å². The molecule has 1 aromatic heterocycles. The second-order valence-corrected chi connectivity index (χ2v) is 6.22. The second-order valence-electron chi connectivity index (χ2n) is 6.22. The van der Waals surface area contributed by atoms with Crippen LogP contribution in [0.1, 0.15) is 48.5 Å². The molecule has 1 fully saturated rings. The topological polar surface area (TPSA) is 106 Å². The molecule has 0 radical (unpaired) electrons. The number of primary amides is 1. The molecule has 1 heterocycles. The number of nitriles is 1. The van der Waals surface area contributed by atoms with Gasteiger partial charge in [-0.25, -0.2) is 5.26 Å². The Hall–Kier alpha value is -3.22. The normalized spacial score (nSPS) is 14.6. The maximum absolute atomic E-state index is 12.2. The standard InChI is InChI=1S/C17H19F3N4O2.CHN/c18-17(19,20)26-13-8-6-11(7-9-13)22-16-14(15(21)25)10-24(23-16)12-4-2-1-3-5-12;1-2/h6-10,12H,1-5H2,(H2,21,25)(H,22,23);1H. The van der Waals surface area contributed by atoms with Gasteiger partial charge >= 0.3 is 6.36 Å². The monoisotopic (exact) mass is 395 g/mol.